The summed E-state index contributed by atoms with van der Waals surface area (Å²) < 4.78 is 0. The van der Waals surface area contributed by atoms with Gasteiger partial charge < -0.3 is 26.0 Å². The van der Waals surface area contributed by atoms with Crippen molar-refractivity contribution in [3.8, 4) is 0 Å². The number of aromatic amines is 1. The lowest BCUT2D eigenvalue weighted by Gasteiger charge is -2.14. The molecule has 2 heterocycles. The van der Waals surface area contributed by atoms with E-state index in [1.54, 1.807) is 4.90 Å². The predicted octanol–water partition coefficient (Wildman–Crippen LogP) is 2.03. The molecule has 0 spiro atoms. The number of thiocarbonyl (C=S) groups is 1. The van der Waals surface area contributed by atoms with Crippen LogP contribution < -0.4 is 16.0 Å². The Morgan fingerprint density at radius 1 is 1.18 bits per heavy atom. The Hall–Kier alpha value is -3.23. The fourth-order valence-corrected chi connectivity index (χ4v) is 3.17. The lowest BCUT2D eigenvalue weighted by molar-refractivity contribution is -0.138. The monoisotopic (exact) mass is 396 g/mol. The highest BCUT2D eigenvalue weighted by Crippen LogP contribution is 2.18. The Kier molecular flexibility index (Phi) is 6.03. The third kappa shape index (κ3) is 4.54. The minimum Gasteiger partial charge on any atom is -0.480 e. The molecule has 8 heteroatoms. The number of aliphatic carboxylic acids is 1. The maximum absolute atomic E-state index is 11.0. The average molecular weight is 396 g/mol. The summed E-state index contributed by atoms with van der Waals surface area (Å²) in [7, 11) is 0. The smallest absolute Gasteiger partial charge is 0.320 e. The number of nitrogens with one attached hydrogen (secondary N) is 2. The van der Waals surface area contributed by atoms with Gasteiger partial charge in [-0.3, -0.25) is 9.59 Å². The maximum atomic E-state index is 11.0. The lowest BCUT2D eigenvalue weighted by Crippen LogP contribution is -2.32. The van der Waals surface area contributed by atoms with E-state index in [0.717, 1.165) is 22.2 Å². The van der Waals surface area contributed by atoms with Gasteiger partial charge in [0.25, 0.3) is 0 Å². The highest BCUT2D eigenvalue weighted by molar-refractivity contribution is 7.80. The Labute approximate surface area is 167 Å². The number of amides is 1. The summed E-state index contributed by atoms with van der Waals surface area (Å²) in [6.45, 7) is 0.322. The van der Waals surface area contributed by atoms with E-state index in [-0.39, 0.29) is 5.91 Å². The molecule has 144 valence electrons. The van der Waals surface area contributed by atoms with Gasteiger partial charge in [0, 0.05) is 29.2 Å². The highest BCUT2D eigenvalue weighted by atomic mass is 32.1. The molecular formula is C20H20N4O3S. The Morgan fingerprint density at radius 3 is 2.50 bits per heavy atom. The van der Waals surface area contributed by atoms with E-state index in [1.807, 2.05) is 60.8 Å². The van der Waals surface area contributed by atoms with Crippen molar-refractivity contribution >= 4 is 45.8 Å². The van der Waals surface area contributed by atoms with Crippen molar-refractivity contribution in [3.05, 3.63) is 66.4 Å². The number of carboxylic acid groups (broad SMARTS) is 1. The molecule has 5 N–H and O–H groups in total. The van der Waals surface area contributed by atoms with Crippen molar-refractivity contribution in [1.29, 1.82) is 0 Å². The lowest BCUT2D eigenvalue weighted by atomic mass is 10.1. The van der Waals surface area contributed by atoms with Crippen LogP contribution in [0.2, 0.25) is 0 Å². The number of rotatable bonds is 4. The Balaban J connectivity index is 0.000000162. The molecule has 1 amide bonds. The quantitative estimate of drug-likeness (QED) is 0.502. The van der Waals surface area contributed by atoms with E-state index in [4.69, 9.17) is 23.1 Å². The van der Waals surface area contributed by atoms with Crippen molar-refractivity contribution in [1.82, 2.24) is 10.3 Å². The molecule has 1 saturated heterocycles. The number of anilines is 1. The molecule has 28 heavy (non-hydrogen) atoms. The summed E-state index contributed by atoms with van der Waals surface area (Å²) in [6, 6.07) is 16.5. The van der Waals surface area contributed by atoms with Crippen LogP contribution in [0.4, 0.5) is 5.69 Å². The molecule has 1 fully saturated rings. The minimum absolute atomic E-state index is 0.0474. The number of fused-ring (bicyclic) bond motifs is 1. The van der Waals surface area contributed by atoms with Gasteiger partial charge in [0.2, 0.25) is 5.91 Å². The molecule has 3 aromatic rings. The summed E-state index contributed by atoms with van der Waals surface area (Å²) in [5, 5.41) is 12.8. The second-order valence-electron chi connectivity index (χ2n) is 6.28. The third-order valence-corrected chi connectivity index (χ3v) is 4.62. The normalized spacial score (nSPS) is 14.4. The van der Waals surface area contributed by atoms with Crippen LogP contribution in [0.3, 0.4) is 0 Å². The van der Waals surface area contributed by atoms with Gasteiger partial charge in [-0.25, -0.2) is 0 Å². The molecule has 0 saturated carbocycles. The van der Waals surface area contributed by atoms with Gasteiger partial charge in [-0.05, 0) is 36.0 Å². The molecule has 0 aliphatic carbocycles. The average Bonchev–Trinajstić information content (AvgIpc) is 3.25. The van der Waals surface area contributed by atoms with Crippen LogP contribution in [-0.4, -0.2) is 39.7 Å². The first-order chi connectivity index (χ1) is 13.5. The number of hydrogen-bond acceptors (Lipinski definition) is 4. The van der Waals surface area contributed by atoms with Crippen LogP contribution in [0.1, 0.15) is 5.56 Å². The number of benzene rings is 2. The topological polar surface area (TPSA) is 111 Å². The number of para-hydroxylation sites is 2. The van der Waals surface area contributed by atoms with Crippen molar-refractivity contribution < 1.29 is 14.7 Å². The number of aromatic nitrogens is 1. The zero-order valence-corrected chi connectivity index (χ0v) is 15.8. The maximum Gasteiger partial charge on any atom is 0.320 e. The first kappa shape index (κ1) is 19.5. The fraction of sp³-hybridized carbons (Fsp3) is 0.150. The molecular weight excluding hydrogens is 376 g/mol. The molecule has 1 aliphatic rings. The predicted molar refractivity (Wildman–Crippen MR) is 112 cm³/mol. The second-order valence-corrected chi connectivity index (χ2v) is 6.67. The summed E-state index contributed by atoms with van der Waals surface area (Å²) in [6.07, 6.45) is 2.16. The van der Waals surface area contributed by atoms with E-state index >= 15 is 0 Å². The van der Waals surface area contributed by atoms with Gasteiger partial charge in [0.1, 0.15) is 12.6 Å². The van der Waals surface area contributed by atoms with Crippen LogP contribution in [-0.2, 0) is 16.0 Å². The minimum atomic E-state index is -0.972. The van der Waals surface area contributed by atoms with Gasteiger partial charge in [0.05, 0.1) is 0 Å². The Morgan fingerprint density at radius 2 is 1.86 bits per heavy atom. The summed E-state index contributed by atoms with van der Waals surface area (Å²) in [4.78, 5) is 26.5. The van der Waals surface area contributed by atoms with Gasteiger partial charge in [0.15, 0.2) is 5.11 Å². The number of carboxylic acids is 1. The van der Waals surface area contributed by atoms with E-state index < -0.39 is 12.0 Å². The second kappa shape index (κ2) is 8.64. The van der Waals surface area contributed by atoms with Crippen LogP contribution in [0.5, 0.6) is 0 Å². The molecule has 4 rings (SSSR count). The molecule has 0 bridgehead atoms. The first-order valence-corrected chi connectivity index (χ1v) is 9.06. The third-order valence-electron chi connectivity index (χ3n) is 4.29. The number of hydrogen-bond donors (Lipinski definition) is 4. The first-order valence-electron chi connectivity index (χ1n) is 8.65. The van der Waals surface area contributed by atoms with Crippen molar-refractivity contribution in [2.75, 3.05) is 11.4 Å². The van der Waals surface area contributed by atoms with E-state index in [1.165, 1.54) is 0 Å². The molecule has 1 aromatic heterocycles. The number of H-pyrrole nitrogens is 1. The standard InChI is InChI=1S/C11H12N2O2.C9H8N2OS/c12-9(11(14)15)5-7-6-13-10-4-2-1-3-8(7)10;12-8-6-11(9(13)10-8)7-4-2-1-3-5-7/h1-4,6,9,13H,5,12H2,(H,14,15);1-5H,6H2,(H,10,12,13)/t9-;/m0./s1. The molecule has 2 aromatic carbocycles. The number of nitrogens with zero attached hydrogens (tertiary/aromatic N) is 1. The van der Waals surface area contributed by atoms with E-state index in [2.05, 4.69) is 10.3 Å². The SMILES string of the molecule is N[C@@H](Cc1c[nH]c2ccccc12)C(=O)O.O=C1CN(c2ccccc2)C(=S)N1. The summed E-state index contributed by atoms with van der Waals surface area (Å²) >= 11 is 4.99. The molecule has 0 radical (unpaired) electrons. The number of carbonyl (C=O) groups is 2. The van der Waals surface area contributed by atoms with Gasteiger partial charge in [-0.1, -0.05) is 36.4 Å². The zero-order chi connectivity index (χ0) is 20.1. The molecule has 1 atom stereocenters. The number of nitrogens with two attached hydrogens (primary N) is 1. The van der Waals surface area contributed by atoms with E-state index in [9.17, 15) is 9.59 Å². The van der Waals surface area contributed by atoms with Crippen LogP contribution >= 0.6 is 12.2 Å². The summed E-state index contributed by atoms with van der Waals surface area (Å²) in [5.74, 6) is -1.02. The molecule has 7 nitrogen and oxygen atoms in total. The Bertz CT molecular complexity index is 1000. The van der Waals surface area contributed by atoms with Gasteiger partial charge >= 0.3 is 5.97 Å². The van der Waals surface area contributed by atoms with Crippen molar-refractivity contribution in [2.24, 2.45) is 5.73 Å². The van der Waals surface area contributed by atoms with Gasteiger partial charge in [-0.15, -0.1) is 0 Å². The zero-order valence-electron chi connectivity index (χ0n) is 15.0. The largest absolute Gasteiger partial charge is 0.480 e. The number of carbonyl (C=O) groups excluding carboxylic acids is 1. The van der Waals surface area contributed by atoms with Crippen molar-refractivity contribution in [3.63, 3.8) is 0 Å². The highest BCUT2D eigenvalue weighted by Gasteiger charge is 2.24. The molecule has 0 unspecified atom stereocenters. The van der Waals surface area contributed by atoms with Crippen molar-refractivity contribution in [2.45, 2.75) is 12.5 Å². The van der Waals surface area contributed by atoms with Gasteiger partial charge in [-0.2, -0.15) is 0 Å². The molecule has 1 aliphatic heterocycles. The van der Waals surface area contributed by atoms with Crippen LogP contribution in [0.25, 0.3) is 10.9 Å². The van der Waals surface area contributed by atoms with E-state index in [0.29, 0.717) is 18.1 Å². The fourth-order valence-electron chi connectivity index (χ4n) is 2.88. The summed E-state index contributed by atoms with van der Waals surface area (Å²) in [5.41, 5.74) is 8.38. The van der Waals surface area contributed by atoms with Crippen LogP contribution in [0, 0.1) is 0 Å². The van der Waals surface area contributed by atoms with Crippen LogP contribution in [0.15, 0.2) is 60.8 Å².